The largest absolute Gasteiger partial charge is 0.324 e. The first-order valence-corrected chi connectivity index (χ1v) is 7.34. The molecule has 1 aromatic heterocycles. The molecule has 0 spiro atoms. The van der Waals surface area contributed by atoms with Crippen LogP contribution in [0.3, 0.4) is 0 Å². The average Bonchev–Trinajstić information content (AvgIpc) is 2.91. The fraction of sp³-hybridized carbons (Fsp3) is 0.267. The van der Waals surface area contributed by atoms with E-state index in [-0.39, 0.29) is 6.03 Å². The summed E-state index contributed by atoms with van der Waals surface area (Å²) in [5, 5.41) is 8.61. The average molecular weight is 274 g/mol. The quantitative estimate of drug-likeness (QED) is 0.845. The van der Waals surface area contributed by atoms with Crippen molar-refractivity contribution in [2.75, 3.05) is 10.6 Å². The topological polar surface area (TPSA) is 41.1 Å². The Morgan fingerprint density at radius 3 is 2.26 bits per heavy atom. The molecular weight excluding hydrogens is 256 g/mol. The van der Waals surface area contributed by atoms with Crippen molar-refractivity contribution in [2.24, 2.45) is 0 Å². The number of aryl methyl sites for hydroxylation is 2. The highest BCUT2D eigenvalue weighted by Gasteiger charge is 2.10. The van der Waals surface area contributed by atoms with Gasteiger partial charge in [0, 0.05) is 5.69 Å². The van der Waals surface area contributed by atoms with E-state index in [4.69, 9.17) is 0 Å². The Labute approximate surface area is 117 Å². The maximum absolute atomic E-state index is 12.0. The predicted molar refractivity (Wildman–Crippen MR) is 82.2 cm³/mol. The van der Waals surface area contributed by atoms with E-state index in [0.29, 0.717) is 0 Å². The Balaban J connectivity index is 2.15. The summed E-state index contributed by atoms with van der Waals surface area (Å²) in [7, 11) is 0. The van der Waals surface area contributed by atoms with Gasteiger partial charge < -0.3 is 5.32 Å². The summed E-state index contributed by atoms with van der Waals surface area (Å²) in [4.78, 5) is 12.0. The van der Waals surface area contributed by atoms with Crippen LogP contribution >= 0.6 is 11.3 Å². The van der Waals surface area contributed by atoms with Crippen LogP contribution in [-0.4, -0.2) is 6.03 Å². The van der Waals surface area contributed by atoms with E-state index in [2.05, 4.69) is 36.6 Å². The zero-order chi connectivity index (χ0) is 13.7. The minimum atomic E-state index is -0.182. The van der Waals surface area contributed by atoms with Crippen molar-refractivity contribution in [1.82, 2.24) is 0 Å². The van der Waals surface area contributed by atoms with E-state index >= 15 is 0 Å². The van der Waals surface area contributed by atoms with Gasteiger partial charge in [-0.05, 0) is 41.5 Å². The van der Waals surface area contributed by atoms with Crippen LogP contribution in [0.1, 0.15) is 25.0 Å². The highest BCUT2D eigenvalue weighted by atomic mass is 32.1. The standard InChI is InChI=1S/C15H18N2OS/c1-3-11-7-5-8-12(4-2)14(11)17-15(18)16-13-9-6-10-19-13/h5-10H,3-4H2,1-2H3,(H2,16,17,18). The van der Waals surface area contributed by atoms with Gasteiger partial charge in [0.2, 0.25) is 0 Å². The van der Waals surface area contributed by atoms with Gasteiger partial charge in [-0.3, -0.25) is 5.32 Å². The monoisotopic (exact) mass is 274 g/mol. The van der Waals surface area contributed by atoms with Crippen molar-refractivity contribution in [3.8, 4) is 0 Å². The van der Waals surface area contributed by atoms with Crippen LogP contribution in [0.5, 0.6) is 0 Å². The van der Waals surface area contributed by atoms with Crippen LogP contribution in [0.4, 0.5) is 15.5 Å². The molecule has 0 fully saturated rings. The summed E-state index contributed by atoms with van der Waals surface area (Å²) in [6.45, 7) is 4.19. The molecule has 2 amide bonds. The first kappa shape index (κ1) is 13.6. The Morgan fingerprint density at radius 2 is 1.74 bits per heavy atom. The van der Waals surface area contributed by atoms with Crippen molar-refractivity contribution >= 4 is 28.1 Å². The Hall–Kier alpha value is -1.81. The van der Waals surface area contributed by atoms with Crippen LogP contribution in [0.2, 0.25) is 0 Å². The fourth-order valence-electron chi connectivity index (χ4n) is 2.01. The third-order valence-electron chi connectivity index (χ3n) is 3.00. The molecule has 2 aromatic rings. The van der Waals surface area contributed by atoms with Gasteiger partial charge in [0.05, 0.1) is 5.00 Å². The summed E-state index contributed by atoms with van der Waals surface area (Å²) in [6, 6.07) is 9.77. The molecule has 2 rings (SSSR count). The number of carbonyl (C=O) groups excluding carboxylic acids is 1. The van der Waals surface area contributed by atoms with E-state index in [0.717, 1.165) is 23.5 Å². The van der Waals surface area contributed by atoms with E-state index < -0.39 is 0 Å². The second kappa shape index (κ2) is 6.38. The maximum atomic E-state index is 12.0. The number of hydrogen-bond acceptors (Lipinski definition) is 2. The van der Waals surface area contributed by atoms with Crippen LogP contribution in [0.15, 0.2) is 35.7 Å². The van der Waals surface area contributed by atoms with E-state index in [1.807, 2.05) is 23.6 Å². The lowest BCUT2D eigenvalue weighted by molar-refractivity contribution is 0.262. The van der Waals surface area contributed by atoms with Gasteiger partial charge in [-0.25, -0.2) is 4.79 Å². The number of anilines is 2. The molecule has 0 saturated carbocycles. The van der Waals surface area contributed by atoms with Gasteiger partial charge in [-0.2, -0.15) is 0 Å². The smallest absolute Gasteiger partial charge is 0.307 e. The van der Waals surface area contributed by atoms with Crippen molar-refractivity contribution < 1.29 is 4.79 Å². The Kier molecular flexibility index (Phi) is 4.58. The fourth-order valence-corrected chi connectivity index (χ4v) is 2.62. The minimum Gasteiger partial charge on any atom is -0.307 e. The van der Waals surface area contributed by atoms with Gasteiger partial charge in [-0.1, -0.05) is 32.0 Å². The third kappa shape index (κ3) is 3.35. The summed E-state index contributed by atoms with van der Waals surface area (Å²) >= 11 is 1.51. The lowest BCUT2D eigenvalue weighted by Gasteiger charge is -2.14. The number of carbonyl (C=O) groups is 1. The van der Waals surface area contributed by atoms with Gasteiger partial charge in [0.25, 0.3) is 0 Å². The molecule has 0 atom stereocenters. The summed E-state index contributed by atoms with van der Waals surface area (Å²) in [5.74, 6) is 0. The zero-order valence-electron chi connectivity index (χ0n) is 11.2. The molecule has 100 valence electrons. The number of rotatable bonds is 4. The number of hydrogen-bond donors (Lipinski definition) is 2. The molecule has 0 unspecified atom stereocenters. The van der Waals surface area contributed by atoms with Crippen molar-refractivity contribution in [3.63, 3.8) is 0 Å². The van der Waals surface area contributed by atoms with Crippen LogP contribution in [0, 0.1) is 0 Å². The molecule has 0 bridgehead atoms. The van der Waals surface area contributed by atoms with Gasteiger partial charge in [-0.15, -0.1) is 11.3 Å². The van der Waals surface area contributed by atoms with Crippen LogP contribution in [0.25, 0.3) is 0 Å². The number of para-hydroxylation sites is 1. The van der Waals surface area contributed by atoms with Crippen LogP contribution in [-0.2, 0) is 12.8 Å². The van der Waals surface area contributed by atoms with E-state index in [9.17, 15) is 4.79 Å². The zero-order valence-corrected chi connectivity index (χ0v) is 12.0. The number of benzene rings is 1. The Morgan fingerprint density at radius 1 is 1.05 bits per heavy atom. The molecule has 0 aliphatic carbocycles. The van der Waals surface area contributed by atoms with Gasteiger partial charge in [0.15, 0.2) is 0 Å². The first-order chi connectivity index (χ1) is 9.24. The number of thiophene rings is 1. The summed E-state index contributed by atoms with van der Waals surface area (Å²) in [6.07, 6.45) is 1.81. The summed E-state index contributed by atoms with van der Waals surface area (Å²) in [5.41, 5.74) is 3.28. The molecule has 4 heteroatoms. The first-order valence-electron chi connectivity index (χ1n) is 6.46. The van der Waals surface area contributed by atoms with Crippen molar-refractivity contribution in [1.29, 1.82) is 0 Å². The van der Waals surface area contributed by atoms with E-state index in [1.54, 1.807) is 0 Å². The normalized spacial score (nSPS) is 10.2. The highest BCUT2D eigenvalue weighted by Crippen LogP contribution is 2.23. The molecular formula is C15H18N2OS. The maximum Gasteiger partial charge on any atom is 0.324 e. The molecule has 19 heavy (non-hydrogen) atoms. The van der Waals surface area contributed by atoms with Crippen molar-refractivity contribution in [3.05, 3.63) is 46.8 Å². The second-order valence-electron chi connectivity index (χ2n) is 4.21. The third-order valence-corrected chi connectivity index (χ3v) is 3.78. The van der Waals surface area contributed by atoms with Gasteiger partial charge in [0.1, 0.15) is 0 Å². The number of nitrogens with one attached hydrogen (secondary N) is 2. The minimum absolute atomic E-state index is 0.182. The lowest BCUT2D eigenvalue weighted by atomic mass is 10.0. The van der Waals surface area contributed by atoms with Crippen LogP contribution < -0.4 is 10.6 Å². The highest BCUT2D eigenvalue weighted by molar-refractivity contribution is 7.14. The molecule has 2 N–H and O–H groups in total. The predicted octanol–water partition coefficient (Wildman–Crippen LogP) is 4.52. The molecule has 1 aromatic carbocycles. The molecule has 0 saturated heterocycles. The molecule has 0 aliphatic heterocycles. The second-order valence-corrected chi connectivity index (χ2v) is 5.16. The van der Waals surface area contributed by atoms with Crippen molar-refractivity contribution in [2.45, 2.75) is 26.7 Å². The number of urea groups is 1. The Bertz CT molecular complexity index is 527. The molecule has 0 radical (unpaired) electrons. The molecule has 0 aliphatic rings. The summed E-state index contributed by atoms with van der Waals surface area (Å²) < 4.78 is 0. The molecule has 1 heterocycles. The number of amides is 2. The lowest BCUT2D eigenvalue weighted by Crippen LogP contribution is -2.20. The van der Waals surface area contributed by atoms with E-state index in [1.165, 1.54) is 22.5 Å². The van der Waals surface area contributed by atoms with Gasteiger partial charge >= 0.3 is 6.03 Å². The SMILES string of the molecule is CCc1cccc(CC)c1NC(=O)Nc1cccs1. The molecule has 3 nitrogen and oxygen atoms in total.